The zero-order valence-electron chi connectivity index (χ0n) is 11.8. The summed E-state index contributed by atoms with van der Waals surface area (Å²) in [5.74, 6) is 1.67. The van der Waals surface area contributed by atoms with E-state index in [-0.39, 0.29) is 0 Å². The van der Waals surface area contributed by atoms with Gasteiger partial charge in [0.15, 0.2) is 0 Å². The van der Waals surface area contributed by atoms with E-state index in [1.54, 1.807) is 11.8 Å². The standard InChI is InChI=1S/C16H20N2OS/c1-20-15-6-4-14(5-7-15)16-17-8-9-18(16)11-13-3-2-10-19-12-13/h4-9,13H,2-3,10-12H2,1H3/t13-/m0/s1. The highest BCUT2D eigenvalue weighted by Crippen LogP contribution is 2.24. The largest absolute Gasteiger partial charge is 0.381 e. The molecule has 0 aliphatic carbocycles. The minimum atomic E-state index is 0.613. The van der Waals surface area contributed by atoms with E-state index < -0.39 is 0 Å². The lowest BCUT2D eigenvalue weighted by molar-refractivity contribution is 0.0485. The predicted octanol–water partition coefficient (Wildman–Crippen LogP) is 3.70. The number of aromatic nitrogens is 2. The summed E-state index contributed by atoms with van der Waals surface area (Å²) in [6.45, 7) is 2.80. The molecule has 0 spiro atoms. The molecule has 1 atom stereocenters. The van der Waals surface area contributed by atoms with Crippen molar-refractivity contribution in [3.63, 3.8) is 0 Å². The lowest BCUT2D eigenvalue weighted by Crippen LogP contribution is -2.22. The fraction of sp³-hybridized carbons (Fsp3) is 0.438. The molecule has 0 unspecified atom stereocenters. The maximum Gasteiger partial charge on any atom is 0.139 e. The molecule has 0 N–H and O–H groups in total. The van der Waals surface area contributed by atoms with E-state index >= 15 is 0 Å². The van der Waals surface area contributed by atoms with Crippen LogP contribution in [0.1, 0.15) is 12.8 Å². The molecule has 1 fully saturated rings. The third kappa shape index (κ3) is 3.07. The van der Waals surface area contributed by atoms with Gasteiger partial charge in [0.1, 0.15) is 5.82 Å². The summed E-state index contributed by atoms with van der Waals surface area (Å²) in [6, 6.07) is 8.62. The summed E-state index contributed by atoms with van der Waals surface area (Å²) >= 11 is 1.76. The molecule has 3 rings (SSSR count). The Labute approximate surface area is 124 Å². The molecule has 1 aliphatic heterocycles. The molecule has 2 heterocycles. The van der Waals surface area contributed by atoms with Crippen molar-refractivity contribution in [1.29, 1.82) is 0 Å². The Bertz CT molecular complexity index is 544. The molecule has 1 aromatic carbocycles. The molecule has 1 saturated heterocycles. The van der Waals surface area contributed by atoms with Crippen molar-refractivity contribution in [2.45, 2.75) is 24.3 Å². The molecular weight excluding hydrogens is 268 g/mol. The quantitative estimate of drug-likeness (QED) is 0.803. The van der Waals surface area contributed by atoms with Crippen LogP contribution in [0.5, 0.6) is 0 Å². The smallest absolute Gasteiger partial charge is 0.139 e. The van der Waals surface area contributed by atoms with Gasteiger partial charge in [0.25, 0.3) is 0 Å². The van der Waals surface area contributed by atoms with Gasteiger partial charge in [-0.15, -0.1) is 11.8 Å². The highest BCUT2D eigenvalue weighted by molar-refractivity contribution is 7.98. The molecule has 0 bridgehead atoms. The molecule has 0 radical (unpaired) electrons. The average molecular weight is 288 g/mol. The number of imidazole rings is 1. The van der Waals surface area contributed by atoms with Crippen molar-refractivity contribution in [2.75, 3.05) is 19.5 Å². The van der Waals surface area contributed by atoms with Crippen LogP contribution in [0.25, 0.3) is 11.4 Å². The Morgan fingerprint density at radius 3 is 2.90 bits per heavy atom. The zero-order valence-corrected chi connectivity index (χ0v) is 12.6. The molecule has 4 heteroatoms. The maximum atomic E-state index is 5.57. The van der Waals surface area contributed by atoms with Gasteiger partial charge in [0.2, 0.25) is 0 Å². The summed E-state index contributed by atoms with van der Waals surface area (Å²) in [5.41, 5.74) is 1.18. The van der Waals surface area contributed by atoms with E-state index in [1.165, 1.54) is 23.3 Å². The van der Waals surface area contributed by atoms with Crippen LogP contribution >= 0.6 is 11.8 Å². The van der Waals surface area contributed by atoms with Crippen LogP contribution in [0, 0.1) is 5.92 Å². The van der Waals surface area contributed by atoms with Gasteiger partial charge in [-0.2, -0.15) is 0 Å². The van der Waals surface area contributed by atoms with Gasteiger partial charge < -0.3 is 9.30 Å². The number of ether oxygens (including phenoxy) is 1. The second kappa shape index (κ2) is 6.46. The first kappa shape index (κ1) is 13.7. The average Bonchev–Trinajstić information content (AvgIpc) is 2.96. The molecule has 3 nitrogen and oxygen atoms in total. The third-order valence-corrected chi connectivity index (χ3v) is 4.52. The number of thioether (sulfide) groups is 1. The van der Waals surface area contributed by atoms with Crippen molar-refractivity contribution in [2.24, 2.45) is 5.92 Å². The minimum Gasteiger partial charge on any atom is -0.381 e. The minimum absolute atomic E-state index is 0.613. The van der Waals surface area contributed by atoms with Gasteiger partial charge in [0, 0.05) is 41.9 Å². The van der Waals surface area contributed by atoms with Gasteiger partial charge >= 0.3 is 0 Å². The molecule has 1 aliphatic rings. The summed E-state index contributed by atoms with van der Waals surface area (Å²) in [6.07, 6.45) is 8.49. The van der Waals surface area contributed by atoms with E-state index in [2.05, 4.69) is 46.3 Å². The first-order valence-electron chi connectivity index (χ1n) is 7.10. The normalized spacial score (nSPS) is 19.1. The SMILES string of the molecule is CSc1ccc(-c2nccn2C[C@@H]2CCCOC2)cc1. The van der Waals surface area contributed by atoms with Crippen LogP contribution in [0.15, 0.2) is 41.6 Å². The van der Waals surface area contributed by atoms with Crippen LogP contribution in [-0.2, 0) is 11.3 Å². The fourth-order valence-corrected chi connectivity index (χ4v) is 3.09. The van der Waals surface area contributed by atoms with Gasteiger partial charge in [0.05, 0.1) is 6.61 Å². The summed E-state index contributed by atoms with van der Waals surface area (Å²) in [7, 11) is 0. The lowest BCUT2D eigenvalue weighted by Gasteiger charge is -2.23. The van der Waals surface area contributed by atoms with Crippen LogP contribution in [-0.4, -0.2) is 29.0 Å². The summed E-state index contributed by atoms with van der Waals surface area (Å²) in [4.78, 5) is 5.81. The van der Waals surface area contributed by atoms with Gasteiger partial charge in [-0.05, 0) is 31.2 Å². The maximum absolute atomic E-state index is 5.57. The molecule has 2 aromatic rings. The molecule has 0 saturated carbocycles. The number of hydrogen-bond acceptors (Lipinski definition) is 3. The van der Waals surface area contributed by atoms with Crippen molar-refractivity contribution in [1.82, 2.24) is 9.55 Å². The van der Waals surface area contributed by atoms with Crippen LogP contribution in [0.2, 0.25) is 0 Å². The molecular formula is C16H20N2OS. The first-order valence-corrected chi connectivity index (χ1v) is 8.32. The van der Waals surface area contributed by atoms with Crippen LogP contribution < -0.4 is 0 Å². The second-order valence-electron chi connectivity index (χ2n) is 5.21. The Morgan fingerprint density at radius 1 is 1.35 bits per heavy atom. The van der Waals surface area contributed by atoms with Gasteiger partial charge in [-0.25, -0.2) is 4.98 Å². The first-order chi connectivity index (χ1) is 9.86. The predicted molar refractivity (Wildman–Crippen MR) is 83.0 cm³/mol. The number of benzene rings is 1. The van der Waals surface area contributed by atoms with E-state index in [0.29, 0.717) is 5.92 Å². The summed E-state index contributed by atoms with van der Waals surface area (Å²) < 4.78 is 7.83. The second-order valence-corrected chi connectivity index (χ2v) is 6.09. The third-order valence-electron chi connectivity index (χ3n) is 3.77. The molecule has 20 heavy (non-hydrogen) atoms. The van der Waals surface area contributed by atoms with Crippen molar-refractivity contribution >= 4 is 11.8 Å². The molecule has 106 valence electrons. The Kier molecular flexibility index (Phi) is 4.43. The van der Waals surface area contributed by atoms with Crippen molar-refractivity contribution in [3.8, 4) is 11.4 Å². The number of nitrogens with zero attached hydrogens (tertiary/aromatic N) is 2. The van der Waals surface area contributed by atoms with Crippen LogP contribution in [0.3, 0.4) is 0 Å². The lowest BCUT2D eigenvalue weighted by atomic mass is 10.0. The molecule has 0 amide bonds. The van der Waals surface area contributed by atoms with Gasteiger partial charge in [-0.1, -0.05) is 12.1 Å². The zero-order chi connectivity index (χ0) is 13.8. The van der Waals surface area contributed by atoms with E-state index in [4.69, 9.17) is 4.74 Å². The van der Waals surface area contributed by atoms with E-state index in [9.17, 15) is 0 Å². The Morgan fingerprint density at radius 2 is 2.20 bits per heavy atom. The summed E-state index contributed by atoms with van der Waals surface area (Å²) in [5, 5.41) is 0. The topological polar surface area (TPSA) is 27.1 Å². The van der Waals surface area contributed by atoms with E-state index in [1.807, 2.05) is 6.20 Å². The van der Waals surface area contributed by atoms with Crippen molar-refractivity contribution < 1.29 is 4.74 Å². The Hall–Kier alpha value is -1.26. The van der Waals surface area contributed by atoms with E-state index in [0.717, 1.165) is 25.6 Å². The highest BCUT2D eigenvalue weighted by Gasteiger charge is 2.16. The Balaban J connectivity index is 1.77. The number of hydrogen-bond donors (Lipinski definition) is 0. The van der Waals surface area contributed by atoms with Crippen LogP contribution in [0.4, 0.5) is 0 Å². The fourth-order valence-electron chi connectivity index (χ4n) is 2.69. The van der Waals surface area contributed by atoms with Crippen molar-refractivity contribution in [3.05, 3.63) is 36.7 Å². The monoisotopic (exact) mass is 288 g/mol. The number of rotatable bonds is 4. The highest BCUT2D eigenvalue weighted by atomic mass is 32.2. The molecule has 1 aromatic heterocycles. The van der Waals surface area contributed by atoms with Gasteiger partial charge in [-0.3, -0.25) is 0 Å².